The van der Waals surface area contributed by atoms with Crippen LogP contribution in [0.4, 0.5) is 0 Å². The molecule has 0 N–H and O–H groups in total. The van der Waals surface area contributed by atoms with Gasteiger partial charge in [0.2, 0.25) is 0 Å². The van der Waals surface area contributed by atoms with Crippen molar-refractivity contribution >= 4 is 25.6 Å². The Kier molecular flexibility index (Phi) is 7.66. The molecule has 1 heterocycles. The minimum absolute atomic E-state index is 0.458. The number of benzene rings is 2. The quantitative estimate of drug-likeness (QED) is 0.327. The van der Waals surface area contributed by atoms with Crippen LogP contribution in [0.1, 0.15) is 25.8 Å². The maximum absolute atomic E-state index is 6.08. The second-order valence-corrected chi connectivity index (χ2v) is 9.06. The standard InChI is InChI=1S/C23H30NO2Se/c1-3-25-23(26-4-2)17-21(18-27-22-13-9-6-10-14-22)24(19-23)16-15-20-11-7-5-8-12-20/h5-14,19,21H,3-4,15-18H2,1-2H3/q+1. The van der Waals surface area contributed by atoms with Gasteiger partial charge in [-0.25, -0.2) is 0 Å². The molecule has 0 aliphatic carbocycles. The van der Waals surface area contributed by atoms with Crippen molar-refractivity contribution in [1.82, 2.24) is 0 Å². The van der Waals surface area contributed by atoms with Crippen LogP contribution < -0.4 is 4.46 Å². The summed E-state index contributed by atoms with van der Waals surface area (Å²) in [7, 11) is 0. The van der Waals surface area contributed by atoms with Gasteiger partial charge >= 0.3 is 170 Å². The average molecular weight is 431 g/mol. The van der Waals surface area contributed by atoms with Crippen LogP contribution in [0, 0.1) is 0 Å². The van der Waals surface area contributed by atoms with Crippen LogP contribution in [0.2, 0.25) is 5.32 Å². The first-order chi connectivity index (χ1) is 13.2. The molecular weight excluding hydrogens is 401 g/mol. The zero-order valence-corrected chi connectivity index (χ0v) is 18.1. The molecule has 0 bridgehead atoms. The van der Waals surface area contributed by atoms with E-state index in [1.807, 2.05) is 13.8 Å². The van der Waals surface area contributed by atoms with Crippen molar-refractivity contribution in [3.8, 4) is 0 Å². The van der Waals surface area contributed by atoms with E-state index in [9.17, 15) is 0 Å². The fourth-order valence-electron chi connectivity index (χ4n) is 3.59. The van der Waals surface area contributed by atoms with Crippen LogP contribution in [0.25, 0.3) is 0 Å². The van der Waals surface area contributed by atoms with Crippen molar-refractivity contribution < 1.29 is 14.0 Å². The first-order valence-electron chi connectivity index (χ1n) is 9.86. The van der Waals surface area contributed by atoms with Gasteiger partial charge in [0.25, 0.3) is 0 Å². The summed E-state index contributed by atoms with van der Waals surface area (Å²) in [6.45, 7) is 6.43. The van der Waals surface area contributed by atoms with Crippen molar-refractivity contribution in [2.45, 2.75) is 43.8 Å². The summed E-state index contributed by atoms with van der Waals surface area (Å²) < 4.78 is 16.1. The van der Waals surface area contributed by atoms with Gasteiger partial charge in [-0.3, -0.25) is 0 Å². The molecule has 1 aliphatic heterocycles. The van der Waals surface area contributed by atoms with Crippen LogP contribution >= 0.6 is 0 Å². The Bertz CT molecular complexity index is 712. The van der Waals surface area contributed by atoms with Crippen molar-refractivity contribution in [1.29, 1.82) is 0 Å². The van der Waals surface area contributed by atoms with E-state index in [1.54, 1.807) is 0 Å². The predicted octanol–water partition coefficient (Wildman–Crippen LogP) is 3.30. The van der Waals surface area contributed by atoms with Crippen molar-refractivity contribution in [3.63, 3.8) is 0 Å². The molecule has 144 valence electrons. The second kappa shape index (κ2) is 10.2. The number of hydrogen-bond acceptors (Lipinski definition) is 2. The first-order valence-corrected chi connectivity index (χ1v) is 11.9. The molecule has 0 saturated heterocycles. The molecule has 0 saturated carbocycles. The van der Waals surface area contributed by atoms with E-state index in [-0.39, 0.29) is 0 Å². The third kappa shape index (κ3) is 5.76. The van der Waals surface area contributed by atoms with E-state index < -0.39 is 5.79 Å². The van der Waals surface area contributed by atoms with E-state index in [4.69, 9.17) is 9.47 Å². The van der Waals surface area contributed by atoms with Crippen LogP contribution in [-0.4, -0.2) is 57.3 Å². The predicted molar refractivity (Wildman–Crippen MR) is 112 cm³/mol. The third-order valence-corrected chi connectivity index (χ3v) is 7.24. The zero-order chi connectivity index (χ0) is 19.0. The molecule has 3 nitrogen and oxygen atoms in total. The Morgan fingerprint density at radius 2 is 1.59 bits per heavy atom. The normalized spacial score (nSPS) is 18.4. The number of nitrogens with zero attached hydrogens (tertiary/aromatic N) is 1. The van der Waals surface area contributed by atoms with Gasteiger partial charge in [-0.1, -0.05) is 0 Å². The summed E-state index contributed by atoms with van der Waals surface area (Å²) in [6.07, 6.45) is 4.17. The van der Waals surface area contributed by atoms with Gasteiger partial charge in [0, 0.05) is 0 Å². The number of hydrogen-bond donors (Lipinski definition) is 0. The SMILES string of the molecule is CCOC1(OCC)C=[N+](CCc2ccccc2)C(C[Se]c2ccccc2)C1. The van der Waals surface area contributed by atoms with Crippen LogP contribution in [-0.2, 0) is 15.9 Å². The summed E-state index contributed by atoms with van der Waals surface area (Å²) in [6, 6.07) is 22.0. The van der Waals surface area contributed by atoms with Crippen LogP contribution in [0.3, 0.4) is 0 Å². The molecule has 0 spiro atoms. The number of rotatable bonds is 10. The average Bonchev–Trinajstić information content (AvgIpc) is 3.04. The molecule has 0 aromatic heterocycles. The van der Waals surface area contributed by atoms with Gasteiger partial charge in [0.15, 0.2) is 0 Å². The van der Waals surface area contributed by atoms with Gasteiger partial charge in [0.1, 0.15) is 0 Å². The summed E-state index contributed by atoms with van der Waals surface area (Å²) in [5.41, 5.74) is 1.38. The monoisotopic (exact) mass is 432 g/mol. The summed E-state index contributed by atoms with van der Waals surface area (Å²) >= 11 is 0.458. The van der Waals surface area contributed by atoms with Crippen LogP contribution in [0.15, 0.2) is 60.7 Å². The molecule has 0 amide bonds. The van der Waals surface area contributed by atoms with Crippen molar-refractivity contribution in [2.75, 3.05) is 19.8 Å². The molecule has 0 radical (unpaired) electrons. The van der Waals surface area contributed by atoms with Gasteiger partial charge in [0.05, 0.1) is 0 Å². The zero-order valence-electron chi connectivity index (χ0n) is 16.3. The summed E-state index contributed by atoms with van der Waals surface area (Å²) in [4.78, 5) is 0. The van der Waals surface area contributed by atoms with Gasteiger partial charge in [-0.05, 0) is 0 Å². The van der Waals surface area contributed by atoms with Gasteiger partial charge < -0.3 is 0 Å². The Balaban J connectivity index is 1.71. The summed E-state index contributed by atoms with van der Waals surface area (Å²) in [5, 5.41) is 1.17. The van der Waals surface area contributed by atoms with E-state index >= 15 is 0 Å². The second-order valence-electron chi connectivity index (χ2n) is 6.76. The van der Waals surface area contributed by atoms with E-state index in [2.05, 4.69) is 71.5 Å². The molecule has 4 heteroatoms. The molecule has 2 aromatic rings. The van der Waals surface area contributed by atoms with Crippen LogP contribution in [0.5, 0.6) is 0 Å². The molecule has 2 aromatic carbocycles. The minimum atomic E-state index is -0.558. The fourth-order valence-corrected chi connectivity index (χ4v) is 5.78. The first kappa shape index (κ1) is 20.3. The van der Waals surface area contributed by atoms with Crippen molar-refractivity contribution in [2.24, 2.45) is 0 Å². The molecular formula is C23H30NO2Se+. The molecule has 27 heavy (non-hydrogen) atoms. The van der Waals surface area contributed by atoms with Gasteiger partial charge in [-0.2, -0.15) is 0 Å². The molecule has 1 aliphatic rings. The molecule has 3 rings (SSSR count). The number of ether oxygens (including phenoxy) is 2. The molecule has 1 atom stereocenters. The fraction of sp³-hybridized carbons (Fsp3) is 0.435. The summed E-state index contributed by atoms with van der Waals surface area (Å²) in [5.74, 6) is -0.558. The Morgan fingerprint density at radius 1 is 0.963 bits per heavy atom. The van der Waals surface area contributed by atoms with Crippen molar-refractivity contribution in [3.05, 3.63) is 66.2 Å². The van der Waals surface area contributed by atoms with E-state index in [0.717, 1.165) is 19.4 Å². The maximum atomic E-state index is 6.08. The topological polar surface area (TPSA) is 21.5 Å². The Hall–Kier alpha value is -1.45. The molecule has 1 unspecified atom stereocenters. The Morgan fingerprint density at radius 3 is 2.22 bits per heavy atom. The van der Waals surface area contributed by atoms with E-state index in [1.165, 1.54) is 15.3 Å². The molecule has 0 fully saturated rings. The third-order valence-electron chi connectivity index (χ3n) is 4.82. The van der Waals surface area contributed by atoms with Gasteiger partial charge in [-0.15, -0.1) is 0 Å². The van der Waals surface area contributed by atoms with E-state index in [0.29, 0.717) is 34.2 Å². The Labute approximate surface area is 169 Å².